The molecule has 1 fully saturated rings. The van der Waals surface area contributed by atoms with Crippen LogP contribution in [0, 0.1) is 11.8 Å². The Bertz CT molecular complexity index is 5310. The first-order valence-corrected chi connectivity index (χ1v) is 44.6. The van der Waals surface area contributed by atoms with Gasteiger partial charge in [-0.3, -0.25) is 76.7 Å². The number of aliphatic carboxylic acids is 1. The van der Waals surface area contributed by atoms with Gasteiger partial charge in [-0.1, -0.05) is 151 Å². The number of methoxy groups -OCH3 is 2. The molecule has 15 N–H and O–H groups in total. The van der Waals surface area contributed by atoms with Crippen molar-refractivity contribution in [1.82, 2.24) is 72.4 Å². The molecule has 0 spiro atoms. The molecule has 15 amide bonds. The number of para-hydroxylation sites is 1. The highest BCUT2D eigenvalue weighted by Gasteiger charge is 2.44. The summed E-state index contributed by atoms with van der Waals surface area (Å²) in [5.41, 5.74) is 8.88. The number of rotatable bonds is 23. The van der Waals surface area contributed by atoms with Gasteiger partial charge < -0.3 is 108 Å². The minimum Gasteiger partial charge on any atom is -0.508 e. The summed E-state index contributed by atoms with van der Waals surface area (Å²) in [5, 5.41) is 56.3. The summed E-state index contributed by atoms with van der Waals surface area (Å²) >= 11 is 0.802. The summed E-state index contributed by atoms with van der Waals surface area (Å²) < 4.78 is 11.1. The van der Waals surface area contributed by atoms with Gasteiger partial charge in [0.1, 0.15) is 84.5 Å². The molecule has 132 heavy (non-hydrogen) atoms. The van der Waals surface area contributed by atoms with Gasteiger partial charge in [-0.2, -0.15) is 0 Å². The highest BCUT2D eigenvalue weighted by Crippen LogP contribution is 2.33. The number of amides is 15. The predicted octanol–water partition coefficient (Wildman–Crippen LogP) is 2.23. The first-order chi connectivity index (χ1) is 62.8. The zero-order valence-corrected chi connectivity index (χ0v) is 76.5. The quantitative estimate of drug-likeness (QED) is 0.0437. The summed E-state index contributed by atoms with van der Waals surface area (Å²) in [4.78, 5) is 245. The monoisotopic (exact) mass is 1840 g/mol. The van der Waals surface area contributed by atoms with Gasteiger partial charge >= 0.3 is 5.97 Å². The number of phenolic OH excluding ortho intramolecular Hbond substituents is 2. The van der Waals surface area contributed by atoms with E-state index in [2.05, 4.69) is 52.8 Å². The van der Waals surface area contributed by atoms with Crippen LogP contribution < -0.4 is 68.0 Å². The molecule has 0 saturated carbocycles. The molecule has 37 nitrogen and oxygen atoms in total. The Morgan fingerprint density at radius 1 is 0.523 bits per heavy atom. The molecule has 6 aromatic carbocycles. The van der Waals surface area contributed by atoms with E-state index in [0.717, 1.165) is 36.3 Å². The molecular weight excluding hydrogens is 1720 g/mol. The number of nitrogens with zero attached hydrogens (tertiary/aromatic N) is 5. The van der Waals surface area contributed by atoms with Crippen molar-refractivity contribution in [3.8, 4) is 23.0 Å². The fourth-order valence-electron chi connectivity index (χ4n) is 15.7. The largest absolute Gasteiger partial charge is 0.508 e. The molecule has 0 unspecified atom stereocenters. The number of carbonyl (C=O) groups excluding carboxylic acids is 15. The predicted molar refractivity (Wildman–Crippen MR) is 490 cm³/mol. The lowest BCUT2D eigenvalue weighted by Crippen LogP contribution is -2.62. The molecule has 0 aliphatic carbocycles. The van der Waals surface area contributed by atoms with E-state index in [4.69, 9.17) is 15.2 Å². The number of hydrogen-bond donors (Lipinski definition) is 14. The van der Waals surface area contributed by atoms with Gasteiger partial charge in [-0.25, -0.2) is 0 Å². The third-order valence-corrected chi connectivity index (χ3v) is 23.9. The number of ether oxygens (including phenoxy) is 2. The number of carbonyl (C=O) groups is 16. The second-order valence-corrected chi connectivity index (χ2v) is 34.7. The molecule has 706 valence electrons. The van der Waals surface area contributed by atoms with Gasteiger partial charge in [-0.15, -0.1) is 11.8 Å². The van der Waals surface area contributed by atoms with Crippen molar-refractivity contribution in [2.45, 2.75) is 172 Å². The fraction of sp³-hybridized carbons (Fsp3) is 0.426. The van der Waals surface area contributed by atoms with Gasteiger partial charge in [0.05, 0.1) is 45.2 Å². The van der Waals surface area contributed by atoms with E-state index in [9.17, 15) is 44.1 Å². The van der Waals surface area contributed by atoms with Crippen LogP contribution in [0.5, 0.6) is 23.0 Å². The Kier molecular flexibility index (Phi) is 37.0. The number of hydrogen-bond acceptors (Lipinski definition) is 21. The SMILES string of the molecule is CCCC[C@H]1C(=O)N(C)CC(=O)N[C@@H](CC(=O)O)C(=O)N[C@@H](C(C)C)C(=O)N(C)[C@@H](Cc2ccccc2)C(=O)N[C@H]2Cc3ccc(O)cc3N(CC(=O)N[C@@H](Cc3c[nH]c4ccccc34)C(=O)N[C@H](Cc3ccc(O)cc3)C(=O)N[C@@H](CC(C)C)C(=O)N[C@H](C(=O)NCC(N)=O)CSCC(=O)N[C@@H](Cc3ccc(OC)c(OC)c3)C(=O)N(C)[C@@H](Cc3ccccc3)C(=O)N1C)C2=O. The zero-order valence-electron chi connectivity index (χ0n) is 75.7. The number of aromatic hydroxyl groups is 2. The normalized spacial score (nSPS) is 21.9. The third kappa shape index (κ3) is 28.2. The number of unbranched alkanes of at least 4 members (excludes halogenated alkanes) is 1. The molecule has 11 atom stereocenters. The lowest BCUT2D eigenvalue weighted by atomic mass is 9.95. The standard InChI is InChI=1S/C94H118N16O21S/c1-12-13-28-72-92(127)106(6)49-79(114)99-68(46-82(117)118)88(123)105-83(54(4)5)94(129)108(8)74(40-55-22-16-14-17-23-55)89(124)103-70-43-59-32-35-62(112)45-73(59)110(91(70)126)50-80(115)98-67(44-60-47-96-64-27-21-20-26-63(60)64)87(122)102-66(38-57-29-33-61(111)34-30-57)86(121)101-65(37-53(2)3)85(120)104-71(84(119)97-48-78(95)113)51-132-52-81(116)100-69(39-58-31-36-76(130-10)77(42-58)131-11)90(125)109(9)75(93(128)107(72)7)41-56-24-18-15-19-25-56/h14-27,29-36,42,45,47,53-54,65-72,74-75,83,96,111-112H,12-13,28,37-41,43-44,46,48-52H2,1-11H3,(H2,95,113)(H,97,119)(H,98,115)(H,99,114)(H,100,116)(H,101,121)(H,102,122)(H,103,124)(H,104,120)(H,105,123)(H,117,118)/t65-,66+,67-,68-,69-,70-,71-,72-,74-,75-,83-/m0/s1. The van der Waals surface area contributed by atoms with Crippen LogP contribution in [0.1, 0.15) is 100 Å². The van der Waals surface area contributed by atoms with Crippen molar-refractivity contribution >= 4 is 123 Å². The Labute approximate surface area is 768 Å². The van der Waals surface area contributed by atoms with E-state index in [0.29, 0.717) is 62.9 Å². The highest BCUT2D eigenvalue weighted by molar-refractivity contribution is 8.00. The number of aromatic amines is 1. The van der Waals surface area contributed by atoms with E-state index in [-0.39, 0.29) is 80.2 Å². The fourth-order valence-corrected chi connectivity index (χ4v) is 16.6. The number of nitrogens with one attached hydrogen (secondary N) is 10. The Morgan fingerprint density at radius 2 is 1.08 bits per heavy atom. The molecule has 9 rings (SSSR count). The molecule has 7 aromatic rings. The zero-order chi connectivity index (χ0) is 96.3. The maximum absolute atomic E-state index is 15.6. The van der Waals surface area contributed by atoms with Crippen LogP contribution in [0.15, 0.2) is 152 Å². The number of fused-ring (bicyclic) bond motifs is 5. The Morgan fingerprint density at radius 3 is 1.70 bits per heavy atom. The number of benzene rings is 6. The number of phenols is 2. The van der Waals surface area contributed by atoms with Crippen molar-refractivity contribution in [3.63, 3.8) is 0 Å². The highest BCUT2D eigenvalue weighted by atomic mass is 32.2. The van der Waals surface area contributed by atoms with Crippen molar-refractivity contribution in [3.05, 3.63) is 185 Å². The maximum atomic E-state index is 15.6. The van der Waals surface area contributed by atoms with Crippen LogP contribution in [0.25, 0.3) is 10.9 Å². The second kappa shape index (κ2) is 48.0. The van der Waals surface area contributed by atoms with Crippen LogP contribution in [-0.4, -0.2) is 274 Å². The first-order valence-electron chi connectivity index (χ1n) is 43.4. The minimum absolute atomic E-state index is 0.00946. The summed E-state index contributed by atoms with van der Waals surface area (Å²) in [6, 6.07) is 21.4. The van der Waals surface area contributed by atoms with Crippen LogP contribution >= 0.6 is 11.8 Å². The molecule has 1 aromatic heterocycles. The molecule has 2 aliphatic rings. The number of aromatic nitrogens is 1. The van der Waals surface area contributed by atoms with Crippen LogP contribution in [-0.2, 0) is 115 Å². The smallest absolute Gasteiger partial charge is 0.305 e. The molecule has 2 bridgehead atoms. The number of thioether (sulfide) groups is 1. The van der Waals surface area contributed by atoms with Gasteiger partial charge in [0.25, 0.3) is 0 Å². The second-order valence-electron chi connectivity index (χ2n) is 33.6. The summed E-state index contributed by atoms with van der Waals surface area (Å²) in [5.74, 6) is -17.5. The number of carboxylic acids is 1. The van der Waals surface area contributed by atoms with E-state index in [1.54, 1.807) is 137 Å². The Balaban J connectivity index is 1.13. The lowest BCUT2D eigenvalue weighted by molar-refractivity contribution is -0.151. The molecule has 1 saturated heterocycles. The van der Waals surface area contributed by atoms with Crippen molar-refractivity contribution in [2.24, 2.45) is 17.6 Å². The average Bonchev–Trinajstić information content (AvgIpc) is 0.846. The van der Waals surface area contributed by atoms with E-state index in [1.165, 1.54) is 84.9 Å². The number of anilines is 1. The number of carboxylic acid groups (broad SMARTS) is 1. The van der Waals surface area contributed by atoms with E-state index < -0.39 is 205 Å². The van der Waals surface area contributed by atoms with Gasteiger partial charge in [0.15, 0.2) is 11.5 Å². The number of likely N-dealkylation sites (N-methyl/N-ethyl adjacent to an activating group) is 4. The average molecular weight is 1840 g/mol. The number of H-pyrrole nitrogens is 1. The van der Waals surface area contributed by atoms with E-state index in [1.807, 2.05) is 6.92 Å². The maximum Gasteiger partial charge on any atom is 0.305 e. The number of primary amides is 1. The van der Waals surface area contributed by atoms with Crippen molar-refractivity contribution < 1.29 is 102 Å². The van der Waals surface area contributed by atoms with Gasteiger partial charge in [0, 0.05) is 95.6 Å². The summed E-state index contributed by atoms with van der Waals surface area (Å²) in [7, 11) is 8.04. The third-order valence-electron chi connectivity index (χ3n) is 22.9. The summed E-state index contributed by atoms with van der Waals surface area (Å²) in [6.07, 6.45) is -0.151. The topological polar surface area (TPSA) is 519 Å². The first kappa shape index (κ1) is 102. The van der Waals surface area contributed by atoms with Gasteiger partial charge in [0.2, 0.25) is 88.6 Å². The van der Waals surface area contributed by atoms with Crippen LogP contribution in [0.3, 0.4) is 0 Å². The minimum atomic E-state index is -1.91. The molecule has 0 radical (unpaired) electrons. The van der Waals surface area contributed by atoms with Crippen molar-refractivity contribution in [2.75, 3.05) is 78.5 Å². The van der Waals surface area contributed by atoms with Crippen molar-refractivity contribution in [1.29, 1.82) is 0 Å². The summed E-state index contributed by atoms with van der Waals surface area (Å²) in [6.45, 7) is 6.02. The molecular formula is C94H118N16O21S. The Hall–Kier alpha value is -14.1. The number of nitrogens with two attached hydrogens (primary N) is 1. The molecule has 38 heteroatoms. The molecule has 2 aliphatic heterocycles. The lowest BCUT2D eigenvalue weighted by Gasteiger charge is -2.37. The van der Waals surface area contributed by atoms with Crippen LogP contribution in [0.4, 0.5) is 5.69 Å². The molecule has 3 heterocycles. The van der Waals surface area contributed by atoms with Crippen LogP contribution in [0.2, 0.25) is 0 Å². The van der Waals surface area contributed by atoms with Gasteiger partial charge in [-0.05, 0) is 94.5 Å². The van der Waals surface area contributed by atoms with E-state index >= 15 is 47.9 Å².